The van der Waals surface area contributed by atoms with Gasteiger partial charge in [0, 0.05) is 18.4 Å². The van der Waals surface area contributed by atoms with Crippen molar-refractivity contribution in [2.75, 3.05) is 13.2 Å². The number of hydrogen-bond donors (Lipinski definition) is 2. The van der Waals surface area contributed by atoms with Crippen molar-refractivity contribution < 1.29 is 10.2 Å². The number of aromatic nitrogens is 2. The zero-order chi connectivity index (χ0) is 14.6. The van der Waals surface area contributed by atoms with E-state index in [9.17, 15) is 10.2 Å². The first-order valence-corrected chi connectivity index (χ1v) is 7.62. The van der Waals surface area contributed by atoms with E-state index in [-0.39, 0.29) is 13.2 Å². The average molecular weight is 333 g/mol. The third-order valence-electron chi connectivity index (χ3n) is 3.51. The van der Waals surface area contributed by atoms with Crippen molar-refractivity contribution in [1.82, 2.24) is 9.78 Å². The molecule has 1 rings (SSSR count). The van der Waals surface area contributed by atoms with Gasteiger partial charge in [0.1, 0.15) is 0 Å². The molecule has 19 heavy (non-hydrogen) atoms. The summed E-state index contributed by atoms with van der Waals surface area (Å²) in [6.07, 6.45) is 1.42. The summed E-state index contributed by atoms with van der Waals surface area (Å²) in [6, 6.07) is 0. The molecule has 0 saturated carbocycles. The molecule has 0 atom stereocenters. The number of nitrogens with zero attached hydrogens (tertiary/aromatic N) is 2. The van der Waals surface area contributed by atoms with Gasteiger partial charge in [0.05, 0.1) is 29.1 Å². The zero-order valence-corrected chi connectivity index (χ0v) is 13.9. The lowest BCUT2D eigenvalue weighted by Crippen LogP contribution is -2.35. The third kappa shape index (κ3) is 3.80. The van der Waals surface area contributed by atoms with Gasteiger partial charge in [-0.05, 0) is 42.1 Å². The third-order valence-corrected chi connectivity index (χ3v) is 4.54. The van der Waals surface area contributed by atoms with Crippen LogP contribution in [0.15, 0.2) is 4.47 Å². The molecule has 0 aromatic carbocycles. The molecule has 0 fully saturated rings. The topological polar surface area (TPSA) is 58.3 Å². The molecular weight excluding hydrogens is 308 g/mol. The molecule has 0 bridgehead atoms. The predicted molar refractivity (Wildman–Crippen MR) is 80.1 cm³/mol. The largest absolute Gasteiger partial charge is 0.396 e. The van der Waals surface area contributed by atoms with Gasteiger partial charge in [0.2, 0.25) is 0 Å². The molecule has 0 spiro atoms. The van der Waals surface area contributed by atoms with E-state index in [0.717, 1.165) is 28.8 Å². The molecule has 1 aromatic rings. The second-order valence-corrected chi connectivity index (χ2v) is 6.55. The average Bonchev–Trinajstić information content (AvgIpc) is 2.64. The van der Waals surface area contributed by atoms with Crippen LogP contribution < -0.4 is 0 Å². The fraction of sp³-hybridized carbons (Fsp3) is 0.786. The lowest BCUT2D eigenvalue weighted by atomic mass is 9.77. The minimum absolute atomic E-state index is 0.0118. The summed E-state index contributed by atoms with van der Waals surface area (Å²) in [5.41, 5.74) is 1.53. The predicted octanol–water partition coefficient (Wildman–Crippen LogP) is 2.53. The molecule has 0 saturated heterocycles. The van der Waals surface area contributed by atoms with Crippen LogP contribution in [0.3, 0.4) is 0 Å². The minimum atomic E-state index is -0.476. The maximum atomic E-state index is 9.74. The number of aryl methyl sites for hydroxylation is 2. The molecular formula is C14H25BrN2O2. The van der Waals surface area contributed by atoms with Gasteiger partial charge in [-0.15, -0.1) is 0 Å². The van der Waals surface area contributed by atoms with E-state index in [0.29, 0.717) is 12.3 Å². The Hall–Kier alpha value is -0.390. The number of rotatable bonds is 7. The molecule has 0 amide bonds. The Kier molecular flexibility index (Phi) is 6.02. The van der Waals surface area contributed by atoms with Crippen LogP contribution in [-0.2, 0) is 13.0 Å². The molecule has 0 unspecified atom stereocenters. The highest BCUT2D eigenvalue weighted by molar-refractivity contribution is 9.10. The minimum Gasteiger partial charge on any atom is -0.396 e. The summed E-state index contributed by atoms with van der Waals surface area (Å²) < 4.78 is 2.93. The molecule has 0 aliphatic carbocycles. The van der Waals surface area contributed by atoms with Gasteiger partial charge in [-0.2, -0.15) is 5.10 Å². The Bertz CT molecular complexity index is 412. The summed E-state index contributed by atoms with van der Waals surface area (Å²) >= 11 is 3.57. The van der Waals surface area contributed by atoms with Gasteiger partial charge in [-0.1, -0.05) is 13.8 Å². The van der Waals surface area contributed by atoms with Crippen molar-refractivity contribution in [3.8, 4) is 0 Å². The fourth-order valence-electron chi connectivity index (χ4n) is 2.62. The van der Waals surface area contributed by atoms with E-state index < -0.39 is 5.41 Å². The van der Waals surface area contributed by atoms with E-state index in [2.05, 4.69) is 34.9 Å². The quantitative estimate of drug-likeness (QED) is 0.806. The second kappa shape index (κ2) is 6.86. The lowest BCUT2D eigenvalue weighted by molar-refractivity contribution is 0.0352. The first-order valence-electron chi connectivity index (χ1n) is 6.82. The molecule has 4 nitrogen and oxygen atoms in total. The van der Waals surface area contributed by atoms with Crippen molar-refractivity contribution in [3.63, 3.8) is 0 Å². The van der Waals surface area contributed by atoms with Crippen molar-refractivity contribution in [3.05, 3.63) is 15.9 Å². The molecule has 110 valence electrons. The Balaban J connectivity index is 3.09. The summed E-state index contributed by atoms with van der Waals surface area (Å²) in [5.74, 6) is 0.428. The maximum absolute atomic E-state index is 9.74. The van der Waals surface area contributed by atoms with E-state index in [1.54, 1.807) is 0 Å². The van der Waals surface area contributed by atoms with Gasteiger partial charge >= 0.3 is 0 Å². The van der Waals surface area contributed by atoms with Gasteiger partial charge in [0.15, 0.2) is 0 Å². The van der Waals surface area contributed by atoms with Crippen LogP contribution in [0.2, 0.25) is 0 Å². The number of aliphatic hydroxyl groups is 2. The second-order valence-electron chi connectivity index (χ2n) is 5.75. The standard InChI is InChI=1S/C14H25BrN2O2/c1-5-17-12(13(15)11(4)16-17)7-14(8-18,9-19)6-10(2)3/h10,18-19H,5-9H2,1-4H3. The van der Waals surface area contributed by atoms with Crippen LogP contribution >= 0.6 is 15.9 Å². The highest BCUT2D eigenvalue weighted by Gasteiger charge is 2.32. The highest BCUT2D eigenvalue weighted by atomic mass is 79.9. The van der Waals surface area contributed by atoms with Crippen molar-refractivity contribution >= 4 is 15.9 Å². The van der Waals surface area contributed by atoms with Crippen LogP contribution in [0.5, 0.6) is 0 Å². The first kappa shape index (κ1) is 16.7. The number of aliphatic hydroxyl groups excluding tert-OH is 2. The highest BCUT2D eigenvalue weighted by Crippen LogP contribution is 2.33. The lowest BCUT2D eigenvalue weighted by Gasteiger charge is -2.32. The molecule has 0 radical (unpaired) electrons. The summed E-state index contributed by atoms with van der Waals surface area (Å²) in [7, 11) is 0. The molecule has 0 aliphatic rings. The van der Waals surface area contributed by atoms with Crippen LogP contribution in [0.4, 0.5) is 0 Å². The van der Waals surface area contributed by atoms with Crippen molar-refractivity contribution in [1.29, 1.82) is 0 Å². The first-order chi connectivity index (χ1) is 8.89. The van der Waals surface area contributed by atoms with Crippen molar-refractivity contribution in [2.24, 2.45) is 11.3 Å². The van der Waals surface area contributed by atoms with E-state index in [4.69, 9.17) is 0 Å². The van der Waals surface area contributed by atoms with Crippen LogP contribution in [-0.4, -0.2) is 33.2 Å². The Labute approximate surface area is 124 Å². The van der Waals surface area contributed by atoms with Crippen LogP contribution in [0, 0.1) is 18.3 Å². The van der Waals surface area contributed by atoms with Crippen LogP contribution in [0.1, 0.15) is 38.6 Å². The zero-order valence-electron chi connectivity index (χ0n) is 12.3. The van der Waals surface area contributed by atoms with Gasteiger partial charge in [0.25, 0.3) is 0 Å². The Morgan fingerprint density at radius 1 is 1.32 bits per heavy atom. The van der Waals surface area contributed by atoms with Crippen molar-refractivity contribution in [2.45, 2.75) is 47.1 Å². The SMILES string of the molecule is CCn1nc(C)c(Br)c1CC(CO)(CO)CC(C)C. The maximum Gasteiger partial charge on any atom is 0.0738 e. The van der Waals surface area contributed by atoms with E-state index in [1.165, 1.54) is 0 Å². The number of hydrogen-bond acceptors (Lipinski definition) is 3. The normalized spacial score (nSPS) is 12.4. The summed E-state index contributed by atoms with van der Waals surface area (Å²) in [6.45, 7) is 8.99. The monoisotopic (exact) mass is 332 g/mol. The summed E-state index contributed by atoms with van der Waals surface area (Å²) in [5, 5.41) is 24.0. The Morgan fingerprint density at radius 3 is 2.32 bits per heavy atom. The van der Waals surface area contributed by atoms with Gasteiger partial charge in [-0.25, -0.2) is 0 Å². The molecule has 5 heteroatoms. The molecule has 1 heterocycles. The van der Waals surface area contributed by atoms with Gasteiger partial charge < -0.3 is 10.2 Å². The molecule has 0 aliphatic heterocycles. The summed E-state index contributed by atoms with van der Waals surface area (Å²) in [4.78, 5) is 0. The van der Waals surface area contributed by atoms with E-state index in [1.807, 2.05) is 18.5 Å². The fourth-order valence-corrected chi connectivity index (χ4v) is 3.05. The Morgan fingerprint density at radius 2 is 1.89 bits per heavy atom. The molecule has 1 aromatic heterocycles. The molecule has 2 N–H and O–H groups in total. The smallest absolute Gasteiger partial charge is 0.0738 e. The van der Waals surface area contributed by atoms with Crippen LogP contribution in [0.25, 0.3) is 0 Å². The van der Waals surface area contributed by atoms with Gasteiger partial charge in [-0.3, -0.25) is 4.68 Å². The number of halogens is 1. The van der Waals surface area contributed by atoms with E-state index >= 15 is 0 Å².